The van der Waals surface area contributed by atoms with E-state index < -0.39 is 12.1 Å². The molecule has 5 heteroatoms. The van der Waals surface area contributed by atoms with Crippen LogP contribution < -0.4 is 5.32 Å². The number of aryl methyl sites for hydroxylation is 1. The highest BCUT2D eigenvalue weighted by Gasteiger charge is 2.16. The first-order chi connectivity index (χ1) is 12.0. The molecule has 0 saturated heterocycles. The van der Waals surface area contributed by atoms with Gasteiger partial charge < -0.3 is 10.1 Å². The first-order valence-corrected chi connectivity index (χ1v) is 8.30. The quantitative estimate of drug-likeness (QED) is 0.630. The van der Waals surface area contributed by atoms with E-state index in [0.29, 0.717) is 5.02 Å². The highest BCUT2D eigenvalue weighted by Crippen LogP contribution is 2.14. The van der Waals surface area contributed by atoms with Gasteiger partial charge in [-0.1, -0.05) is 54.1 Å². The summed E-state index contributed by atoms with van der Waals surface area (Å²) in [4.78, 5) is 23.9. The van der Waals surface area contributed by atoms with E-state index in [1.54, 1.807) is 12.1 Å². The van der Waals surface area contributed by atoms with E-state index >= 15 is 0 Å². The zero-order valence-electron chi connectivity index (χ0n) is 14.2. The molecule has 0 radical (unpaired) electrons. The van der Waals surface area contributed by atoms with Crippen molar-refractivity contribution in [2.45, 2.75) is 26.5 Å². The Labute approximate surface area is 152 Å². The molecule has 1 amide bonds. The minimum absolute atomic E-state index is 0.277. The van der Waals surface area contributed by atoms with Crippen LogP contribution in [-0.2, 0) is 20.9 Å². The van der Waals surface area contributed by atoms with Crippen molar-refractivity contribution < 1.29 is 14.3 Å². The summed E-state index contributed by atoms with van der Waals surface area (Å²) >= 11 is 6.04. The van der Waals surface area contributed by atoms with Gasteiger partial charge in [0.15, 0.2) is 6.10 Å². The largest absolute Gasteiger partial charge is 0.449 e. The number of esters is 1. The number of amides is 1. The van der Waals surface area contributed by atoms with Crippen LogP contribution in [-0.4, -0.2) is 18.0 Å². The van der Waals surface area contributed by atoms with Gasteiger partial charge in [-0.3, -0.25) is 4.79 Å². The van der Waals surface area contributed by atoms with Crippen molar-refractivity contribution in [3.63, 3.8) is 0 Å². The van der Waals surface area contributed by atoms with Gasteiger partial charge in [0.1, 0.15) is 0 Å². The first-order valence-electron chi connectivity index (χ1n) is 7.93. The lowest BCUT2D eigenvalue weighted by Crippen LogP contribution is -2.35. The highest BCUT2D eigenvalue weighted by molar-refractivity contribution is 6.31. The zero-order chi connectivity index (χ0) is 18.2. The average Bonchev–Trinajstić information content (AvgIpc) is 2.60. The molecule has 25 heavy (non-hydrogen) atoms. The zero-order valence-corrected chi connectivity index (χ0v) is 14.9. The molecule has 0 unspecified atom stereocenters. The van der Waals surface area contributed by atoms with E-state index in [9.17, 15) is 9.59 Å². The van der Waals surface area contributed by atoms with E-state index in [0.717, 1.165) is 16.7 Å². The number of ether oxygens (including phenoxy) is 1. The van der Waals surface area contributed by atoms with Crippen LogP contribution in [0, 0.1) is 6.92 Å². The molecule has 2 aromatic carbocycles. The summed E-state index contributed by atoms with van der Waals surface area (Å²) in [5, 5.41) is 3.28. The molecule has 1 atom stereocenters. The van der Waals surface area contributed by atoms with Gasteiger partial charge in [-0.25, -0.2) is 4.79 Å². The molecule has 0 heterocycles. The third-order valence-corrected chi connectivity index (χ3v) is 4.03. The van der Waals surface area contributed by atoms with E-state index in [4.69, 9.17) is 16.3 Å². The Kier molecular flexibility index (Phi) is 6.78. The summed E-state index contributed by atoms with van der Waals surface area (Å²) in [6.07, 6.45) is 2.10. The van der Waals surface area contributed by atoms with Crippen molar-refractivity contribution in [1.29, 1.82) is 0 Å². The number of rotatable bonds is 6. The fraction of sp³-hybridized carbons (Fsp3) is 0.200. The Morgan fingerprint density at radius 2 is 1.84 bits per heavy atom. The molecule has 0 aliphatic carbocycles. The number of nitrogens with one attached hydrogen (secondary N) is 1. The fourth-order valence-electron chi connectivity index (χ4n) is 2.17. The molecular formula is C20H20ClNO3. The van der Waals surface area contributed by atoms with E-state index in [2.05, 4.69) is 5.32 Å². The third-order valence-electron chi connectivity index (χ3n) is 3.66. The Bertz CT molecular complexity index is 786. The number of benzene rings is 2. The lowest BCUT2D eigenvalue weighted by Gasteiger charge is -2.13. The highest BCUT2D eigenvalue weighted by atomic mass is 35.5. The SMILES string of the molecule is Cc1ccccc1/C=C/C(=O)O[C@@H](C)C(=O)NCc1ccccc1Cl. The molecule has 0 aliphatic rings. The maximum Gasteiger partial charge on any atom is 0.331 e. The number of carbonyl (C=O) groups is 2. The van der Waals surface area contributed by atoms with Crippen LogP contribution in [0.4, 0.5) is 0 Å². The van der Waals surface area contributed by atoms with Crippen LogP contribution in [0.15, 0.2) is 54.6 Å². The van der Waals surface area contributed by atoms with E-state index in [-0.39, 0.29) is 12.5 Å². The predicted octanol–water partition coefficient (Wildman–Crippen LogP) is 3.91. The molecule has 0 saturated carbocycles. The second-order valence-corrected chi connectivity index (χ2v) is 5.99. The van der Waals surface area contributed by atoms with Gasteiger partial charge >= 0.3 is 5.97 Å². The molecule has 0 fully saturated rings. The van der Waals surface area contributed by atoms with Crippen LogP contribution in [0.25, 0.3) is 6.08 Å². The van der Waals surface area contributed by atoms with Crippen molar-refractivity contribution in [2.75, 3.05) is 0 Å². The first kappa shape index (κ1) is 18.7. The maximum atomic E-state index is 12.0. The smallest absolute Gasteiger partial charge is 0.331 e. The second-order valence-electron chi connectivity index (χ2n) is 5.58. The van der Waals surface area contributed by atoms with Crippen LogP contribution >= 0.6 is 11.6 Å². The van der Waals surface area contributed by atoms with Crippen molar-refractivity contribution >= 4 is 29.6 Å². The number of halogens is 1. The van der Waals surface area contributed by atoms with Crippen molar-refractivity contribution in [3.8, 4) is 0 Å². The van der Waals surface area contributed by atoms with E-state index in [1.807, 2.05) is 49.4 Å². The Morgan fingerprint density at radius 3 is 2.56 bits per heavy atom. The van der Waals surface area contributed by atoms with Gasteiger partial charge in [0.05, 0.1) is 0 Å². The summed E-state index contributed by atoms with van der Waals surface area (Å²) in [6.45, 7) is 3.76. The molecule has 1 N–H and O–H groups in total. The molecule has 2 rings (SSSR count). The molecule has 0 aromatic heterocycles. The monoisotopic (exact) mass is 357 g/mol. The minimum atomic E-state index is -0.892. The summed E-state index contributed by atoms with van der Waals surface area (Å²) in [5.74, 6) is -0.943. The van der Waals surface area contributed by atoms with Gasteiger partial charge in [0.2, 0.25) is 0 Å². The molecule has 0 bridgehead atoms. The topological polar surface area (TPSA) is 55.4 Å². The fourth-order valence-corrected chi connectivity index (χ4v) is 2.37. The summed E-state index contributed by atoms with van der Waals surface area (Å²) < 4.78 is 5.12. The predicted molar refractivity (Wildman–Crippen MR) is 99.1 cm³/mol. The van der Waals surface area contributed by atoms with Crippen LogP contribution in [0.1, 0.15) is 23.6 Å². The number of hydrogen-bond acceptors (Lipinski definition) is 3. The van der Waals surface area contributed by atoms with Gasteiger partial charge in [0, 0.05) is 17.6 Å². The number of hydrogen-bond donors (Lipinski definition) is 1. The van der Waals surface area contributed by atoms with Crippen molar-refractivity contribution in [1.82, 2.24) is 5.32 Å². The molecule has 0 spiro atoms. The summed E-state index contributed by atoms with van der Waals surface area (Å²) in [5.41, 5.74) is 2.78. The average molecular weight is 358 g/mol. The third kappa shape index (κ3) is 5.76. The Morgan fingerprint density at radius 1 is 1.16 bits per heavy atom. The summed E-state index contributed by atoms with van der Waals surface area (Å²) in [6, 6.07) is 14.9. The Balaban J connectivity index is 1.85. The normalized spacial score (nSPS) is 12.0. The summed E-state index contributed by atoms with van der Waals surface area (Å²) in [7, 11) is 0. The maximum absolute atomic E-state index is 12.0. The lowest BCUT2D eigenvalue weighted by atomic mass is 10.1. The molecule has 0 aliphatic heterocycles. The van der Waals surface area contributed by atoms with Crippen LogP contribution in [0.5, 0.6) is 0 Å². The number of carbonyl (C=O) groups excluding carboxylic acids is 2. The molecule has 4 nitrogen and oxygen atoms in total. The standard InChI is InChI=1S/C20H20ClNO3/c1-14-7-3-4-8-16(14)11-12-19(23)25-15(2)20(24)22-13-17-9-5-6-10-18(17)21/h3-12,15H,13H2,1-2H3,(H,22,24)/b12-11+/t15-/m0/s1. The van der Waals surface area contributed by atoms with Crippen molar-refractivity contribution in [2.24, 2.45) is 0 Å². The van der Waals surface area contributed by atoms with E-state index in [1.165, 1.54) is 13.0 Å². The molecule has 130 valence electrons. The van der Waals surface area contributed by atoms with Gasteiger partial charge in [-0.2, -0.15) is 0 Å². The molecular weight excluding hydrogens is 338 g/mol. The minimum Gasteiger partial charge on any atom is -0.449 e. The Hall–Kier alpha value is -2.59. The van der Waals surface area contributed by atoms with Gasteiger partial charge in [0.25, 0.3) is 5.91 Å². The second kappa shape index (κ2) is 9.04. The van der Waals surface area contributed by atoms with Crippen molar-refractivity contribution in [3.05, 3.63) is 76.3 Å². The van der Waals surface area contributed by atoms with Crippen LogP contribution in [0.2, 0.25) is 5.02 Å². The van der Waals surface area contributed by atoms with Crippen LogP contribution in [0.3, 0.4) is 0 Å². The molecule has 2 aromatic rings. The van der Waals surface area contributed by atoms with Gasteiger partial charge in [-0.15, -0.1) is 0 Å². The lowest BCUT2D eigenvalue weighted by molar-refractivity contribution is -0.150. The van der Waals surface area contributed by atoms with Gasteiger partial charge in [-0.05, 0) is 42.7 Å².